The number of hydrogen-bond acceptors (Lipinski definition) is 13. The smallest absolute Gasteiger partial charge is 0.339 e. The number of likely N-dealkylation sites (tertiary alicyclic amines) is 1. The van der Waals surface area contributed by atoms with E-state index in [4.69, 9.17) is 42.4 Å². The van der Waals surface area contributed by atoms with Crippen molar-refractivity contribution < 1.29 is 38.2 Å². The van der Waals surface area contributed by atoms with Crippen LogP contribution in [0.2, 0.25) is 10.0 Å². The maximum atomic E-state index is 14.4. The van der Waals surface area contributed by atoms with Crippen molar-refractivity contribution in [3.63, 3.8) is 0 Å². The molecule has 420 valence electrons. The predicted molar refractivity (Wildman–Crippen MR) is 304 cm³/mol. The van der Waals surface area contributed by atoms with Crippen LogP contribution in [-0.4, -0.2) is 122 Å². The van der Waals surface area contributed by atoms with Gasteiger partial charge in [-0.15, -0.1) is 11.3 Å². The number of amides is 6. The quantitative estimate of drug-likeness (QED) is 0.0394. The average molecular weight is 1140 g/mol. The maximum absolute atomic E-state index is 14.4. The van der Waals surface area contributed by atoms with E-state index in [0.29, 0.717) is 47.2 Å². The number of urea groups is 1. The number of carbonyl (C=O) groups is 5. The Morgan fingerprint density at radius 3 is 2.29 bits per heavy atom. The SMILES string of the molecule is COc1ncc(C(=O)NCCOCCOCCC(=O)NN(C(=O)N2CCCC2C)C(C)(C)C)cc1-c1nc2c(n1C(C)C)C(c1ccc(Cl)cc1)N(c1cc(Cl)cn(C)c1=O)C2=O.Cc1ncsc1-c1ccc(CNC=O)cc1. The molecule has 0 bridgehead atoms. The van der Waals surface area contributed by atoms with Crippen molar-refractivity contribution >= 4 is 70.4 Å². The van der Waals surface area contributed by atoms with Gasteiger partial charge in [-0.25, -0.2) is 24.8 Å². The number of ether oxygens (including phenoxy) is 3. The third-order valence-electron chi connectivity index (χ3n) is 13.2. The standard InChI is InChI=1S/C44H55Cl2N9O8.C12H12N2OS/c1-26(2)53-37-35(42(59)54(33-23-31(46)25-51(7)41(33)58)36(37)28-11-13-30(45)14-12-28)49-38(53)32-22-29(24-48-40(32)61-8)39(57)47-16-19-63-21-20-62-18-15-34(56)50-55(44(4,5)6)43(60)52-17-9-10-27(52)3;1-9-12(16-8-14-9)11-4-2-10(3-5-11)6-13-7-15/h11-14,22-27,36H,9-10,15-21H2,1-8H3,(H,47,57)(H,50,56);2-5,7-8H,6H2,1H3,(H,13,15). The summed E-state index contributed by atoms with van der Waals surface area (Å²) in [5.41, 5.74) is 8.93. The molecule has 0 spiro atoms. The highest BCUT2D eigenvalue weighted by molar-refractivity contribution is 7.13. The number of pyridine rings is 2. The summed E-state index contributed by atoms with van der Waals surface area (Å²) in [6.07, 6.45) is 5.51. The van der Waals surface area contributed by atoms with Crippen LogP contribution in [0.5, 0.6) is 5.88 Å². The number of benzene rings is 2. The first-order chi connectivity index (χ1) is 37.7. The van der Waals surface area contributed by atoms with Crippen molar-refractivity contribution in [1.82, 2.24) is 50.1 Å². The number of nitrogens with one attached hydrogen (secondary N) is 3. The molecule has 2 atom stereocenters. The minimum absolute atomic E-state index is 0.0608. The molecule has 2 unspecified atom stereocenters. The van der Waals surface area contributed by atoms with Crippen LogP contribution in [0.25, 0.3) is 21.8 Å². The summed E-state index contributed by atoms with van der Waals surface area (Å²) < 4.78 is 20.1. The Labute approximate surface area is 473 Å². The van der Waals surface area contributed by atoms with Crippen LogP contribution in [0.1, 0.15) is 116 Å². The molecule has 1 fully saturated rings. The van der Waals surface area contributed by atoms with Crippen molar-refractivity contribution in [3.8, 4) is 27.7 Å². The number of imidazole rings is 1. The summed E-state index contributed by atoms with van der Waals surface area (Å²) in [5, 5.41) is 7.64. The summed E-state index contributed by atoms with van der Waals surface area (Å²) in [7, 11) is 3.02. The summed E-state index contributed by atoms with van der Waals surface area (Å²) in [4.78, 5) is 95.4. The van der Waals surface area contributed by atoms with E-state index in [1.807, 2.05) is 70.7 Å². The Kier molecular flexibility index (Phi) is 20.1. The number of carbonyl (C=O) groups excluding carboxylic acids is 5. The fraction of sp³-hybridized carbons (Fsp3) is 0.411. The van der Waals surface area contributed by atoms with E-state index >= 15 is 0 Å². The van der Waals surface area contributed by atoms with Crippen LogP contribution < -0.4 is 31.3 Å². The number of halogens is 2. The first-order valence-corrected chi connectivity index (χ1v) is 27.5. The van der Waals surface area contributed by atoms with Crippen LogP contribution in [0.3, 0.4) is 0 Å². The van der Waals surface area contributed by atoms with Gasteiger partial charge in [0.15, 0.2) is 5.69 Å². The van der Waals surface area contributed by atoms with Crippen molar-refractivity contribution in [2.24, 2.45) is 7.05 Å². The summed E-state index contributed by atoms with van der Waals surface area (Å²) in [6.45, 7) is 15.7. The number of nitrogens with zero attached hydrogens (tertiary/aromatic N) is 8. The van der Waals surface area contributed by atoms with E-state index in [1.54, 1.807) is 53.6 Å². The van der Waals surface area contributed by atoms with Gasteiger partial charge in [0.05, 0.1) is 83.4 Å². The molecule has 4 aromatic heterocycles. The lowest BCUT2D eigenvalue weighted by molar-refractivity contribution is -0.128. The van der Waals surface area contributed by atoms with Gasteiger partial charge >= 0.3 is 6.03 Å². The van der Waals surface area contributed by atoms with Crippen LogP contribution >= 0.6 is 34.5 Å². The number of aromatic nitrogens is 5. The predicted octanol–water partition coefficient (Wildman–Crippen LogP) is 8.54. The molecule has 2 aromatic carbocycles. The minimum Gasteiger partial charge on any atom is -0.480 e. The normalized spacial score (nSPS) is 14.9. The van der Waals surface area contributed by atoms with E-state index in [1.165, 1.54) is 50.5 Å². The molecule has 6 heterocycles. The summed E-state index contributed by atoms with van der Waals surface area (Å²) in [5.74, 6) is -0.730. The van der Waals surface area contributed by atoms with Gasteiger partial charge in [0, 0.05) is 56.2 Å². The second kappa shape index (κ2) is 26.7. The number of hydrazine groups is 1. The highest BCUT2D eigenvalue weighted by Gasteiger charge is 2.46. The monoisotopic (exact) mass is 1140 g/mol. The highest BCUT2D eigenvalue weighted by Crippen LogP contribution is 2.45. The molecule has 23 heteroatoms. The third-order valence-corrected chi connectivity index (χ3v) is 14.6. The first kappa shape index (κ1) is 59.5. The Balaban J connectivity index is 0.000000480. The van der Waals surface area contributed by atoms with Gasteiger partial charge in [0.2, 0.25) is 18.2 Å². The van der Waals surface area contributed by atoms with Crippen LogP contribution in [0.15, 0.2) is 83.4 Å². The zero-order valence-electron chi connectivity index (χ0n) is 45.8. The Bertz CT molecular complexity index is 3190. The van der Waals surface area contributed by atoms with E-state index in [2.05, 4.69) is 38.2 Å². The Morgan fingerprint density at radius 2 is 1.67 bits per heavy atom. The van der Waals surface area contributed by atoms with Crippen LogP contribution in [0.4, 0.5) is 10.5 Å². The second-order valence-electron chi connectivity index (χ2n) is 20.2. The van der Waals surface area contributed by atoms with Gasteiger partial charge in [0.25, 0.3) is 17.4 Å². The van der Waals surface area contributed by atoms with Crippen molar-refractivity contribution in [3.05, 3.63) is 133 Å². The highest BCUT2D eigenvalue weighted by atomic mass is 35.5. The van der Waals surface area contributed by atoms with Crippen molar-refractivity contribution in [2.75, 3.05) is 51.5 Å². The molecule has 8 rings (SSSR count). The molecule has 1 saturated heterocycles. The Morgan fingerprint density at radius 1 is 0.962 bits per heavy atom. The Hall–Kier alpha value is -7.17. The molecular weight excluding hydrogens is 1070 g/mol. The number of methoxy groups -OCH3 is 1. The van der Waals surface area contributed by atoms with Gasteiger partial charge in [0.1, 0.15) is 17.6 Å². The molecule has 2 aliphatic heterocycles. The van der Waals surface area contributed by atoms with E-state index in [9.17, 15) is 28.8 Å². The van der Waals surface area contributed by atoms with Crippen LogP contribution in [-0.2, 0) is 32.7 Å². The van der Waals surface area contributed by atoms with Gasteiger partial charge in [-0.05, 0) is 102 Å². The topological polar surface area (TPSA) is 224 Å². The number of hydrogen-bond donors (Lipinski definition) is 3. The third kappa shape index (κ3) is 14.2. The fourth-order valence-corrected chi connectivity index (χ4v) is 10.4. The summed E-state index contributed by atoms with van der Waals surface area (Å²) >= 11 is 14.3. The lowest BCUT2D eigenvalue weighted by Crippen LogP contribution is -2.60. The minimum atomic E-state index is -0.792. The van der Waals surface area contributed by atoms with Gasteiger partial charge < -0.3 is 38.9 Å². The zero-order chi connectivity index (χ0) is 57.1. The number of anilines is 1. The maximum Gasteiger partial charge on any atom is 0.339 e. The molecule has 6 amide bonds. The lowest BCUT2D eigenvalue weighted by atomic mass is 10.0. The van der Waals surface area contributed by atoms with E-state index in [-0.39, 0.29) is 91.3 Å². The molecule has 2 aliphatic rings. The average Bonchev–Trinajstić information content (AvgIpc) is 4.43. The molecule has 79 heavy (non-hydrogen) atoms. The van der Waals surface area contributed by atoms with E-state index < -0.39 is 29.0 Å². The molecule has 0 saturated carbocycles. The lowest BCUT2D eigenvalue weighted by Gasteiger charge is -2.39. The second-order valence-corrected chi connectivity index (χ2v) is 21.9. The molecule has 6 aromatic rings. The molecular formula is C56H67Cl2N11O9S. The molecule has 20 nitrogen and oxygen atoms in total. The number of thiazole rings is 1. The number of aryl methyl sites for hydroxylation is 2. The van der Waals surface area contributed by atoms with Gasteiger partial charge in [-0.1, -0.05) is 59.6 Å². The zero-order valence-corrected chi connectivity index (χ0v) is 48.1. The summed E-state index contributed by atoms with van der Waals surface area (Å²) in [6, 6.07) is 17.1. The van der Waals surface area contributed by atoms with E-state index in [0.717, 1.165) is 24.1 Å². The number of fused-ring (bicyclic) bond motifs is 1. The van der Waals surface area contributed by atoms with Crippen molar-refractivity contribution in [2.45, 2.75) is 97.9 Å². The first-order valence-electron chi connectivity index (χ1n) is 25.9. The van der Waals surface area contributed by atoms with Crippen molar-refractivity contribution in [1.29, 1.82) is 0 Å². The fourth-order valence-electron chi connectivity index (χ4n) is 9.22. The number of rotatable bonds is 19. The molecule has 3 N–H and O–H groups in total. The van der Waals surface area contributed by atoms with Gasteiger partial charge in [-0.2, -0.15) is 0 Å². The van der Waals surface area contributed by atoms with Crippen LogP contribution in [0, 0.1) is 6.92 Å². The molecule has 0 radical (unpaired) electrons. The molecule has 0 aliphatic carbocycles. The largest absolute Gasteiger partial charge is 0.480 e. The van der Waals surface area contributed by atoms with Gasteiger partial charge in [-0.3, -0.25) is 34.3 Å².